The maximum atomic E-state index is 2.48. The quantitative estimate of drug-likeness (QED) is 0.164. The molecule has 0 N–H and O–H groups in total. The van der Waals surface area contributed by atoms with Gasteiger partial charge >= 0.3 is 61.8 Å². The van der Waals surface area contributed by atoms with Crippen LogP contribution in [0.4, 0.5) is 0 Å². The summed E-state index contributed by atoms with van der Waals surface area (Å²) < 4.78 is 0. The molecule has 4 aromatic carbocycles. The van der Waals surface area contributed by atoms with Crippen LogP contribution in [-0.4, -0.2) is 10.3 Å². The van der Waals surface area contributed by atoms with Gasteiger partial charge < -0.3 is 24.8 Å². The SMILES string of the molecule is C[C@H](c1ccc[c-]1P(c1ccccc1)c1ccccc1)P(C(C)(C)C)C(C)(C)C.[Au+].[Au+].[Cl-].[Cl-].[Fe+2].c1cc[cH-]c1. The fourth-order valence-corrected chi connectivity index (χ4v) is 12.7. The first-order valence-electron chi connectivity index (χ1n) is 12.2. The number of benzene rings is 2. The van der Waals surface area contributed by atoms with Crippen LogP contribution in [0.3, 0.4) is 0 Å². The van der Waals surface area contributed by atoms with Crippen molar-refractivity contribution in [1.29, 1.82) is 0 Å². The Morgan fingerprint density at radius 1 is 0.641 bits per heavy atom. The molecule has 1 atom stereocenters. The van der Waals surface area contributed by atoms with Gasteiger partial charge in [0, 0.05) is 0 Å². The summed E-state index contributed by atoms with van der Waals surface area (Å²) in [5.41, 5.74) is 2.12. The summed E-state index contributed by atoms with van der Waals surface area (Å²) in [6, 6.07) is 39.2. The first-order chi connectivity index (χ1) is 16.1. The Kier molecular flexibility index (Phi) is 23.1. The standard InChI is InChI=1S/C27H35P2.C5H5.2Au.2ClH.Fe/c1-21(29(26(2,3)4)27(5,6)7)24-19-14-20-25(24)28(22-15-10-8-11-16-22)23-17-12-9-13-18-23;1-2-4-5-3-1;;;;;/h8-21H,1-7H3;1-5H;;;2*1H;/q2*-1;2*+1;;;+2/p-2/t21-;;;;;;/m1....../s1. The van der Waals surface area contributed by atoms with Crippen molar-refractivity contribution in [3.63, 3.8) is 0 Å². The maximum absolute atomic E-state index is 2.48. The van der Waals surface area contributed by atoms with Crippen molar-refractivity contribution in [2.75, 3.05) is 0 Å². The van der Waals surface area contributed by atoms with Gasteiger partial charge in [0.15, 0.2) is 0 Å². The van der Waals surface area contributed by atoms with Crippen LogP contribution in [-0.2, 0) is 61.8 Å². The summed E-state index contributed by atoms with van der Waals surface area (Å²) in [6.45, 7) is 17.1. The van der Waals surface area contributed by atoms with E-state index in [-0.39, 0.29) is 94.6 Å². The van der Waals surface area contributed by atoms with E-state index in [1.54, 1.807) is 5.56 Å². The Morgan fingerprint density at radius 2 is 1.05 bits per heavy atom. The summed E-state index contributed by atoms with van der Waals surface area (Å²) in [7, 11) is -0.771. The van der Waals surface area contributed by atoms with Gasteiger partial charge in [-0.1, -0.05) is 125 Å². The molecule has 4 rings (SSSR count). The molecule has 0 aliphatic heterocycles. The van der Waals surface area contributed by atoms with Gasteiger partial charge in [-0.15, -0.1) is 5.30 Å². The van der Waals surface area contributed by atoms with Crippen LogP contribution in [0, 0.1) is 0 Å². The van der Waals surface area contributed by atoms with Gasteiger partial charge in [0.1, 0.15) is 0 Å². The predicted octanol–water partition coefficient (Wildman–Crippen LogP) is 2.71. The van der Waals surface area contributed by atoms with Crippen molar-refractivity contribution in [3.8, 4) is 0 Å². The Morgan fingerprint density at radius 3 is 1.38 bits per heavy atom. The van der Waals surface area contributed by atoms with Crippen molar-refractivity contribution in [3.05, 3.63) is 115 Å². The first-order valence-corrected chi connectivity index (χ1v) is 15.0. The molecule has 0 amide bonds. The van der Waals surface area contributed by atoms with Crippen molar-refractivity contribution in [1.82, 2.24) is 0 Å². The third kappa shape index (κ3) is 12.8. The Labute approximate surface area is 294 Å². The van der Waals surface area contributed by atoms with Gasteiger partial charge in [0.05, 0.1) is 0 Å². The smallest absolute Gasteiger partial charge is 1.00 e. The molecular formula is C32H40Au2Cl2FeP2. The van der Waals surface area contributed by atoms with Gasteiger partial charge in [-0.2, -0.15) is 29.8 Å². The molecule has 4 aromatic rings. The maximum Gasteiger partial charge on any atom is 2.00 e. The Balaban J connectivity index is -0.00000117. The molecule has 0 aliphatic carbocycles. The van der Waals surface area contributed by atoms with Gasteiger partial charge in [-0.25, -0.2) is 24.3 Å². The molecule has 0 unspecified atom stereocenters. The molecule has 0 nitrogen and oxygen atoms in total. The second kappa shape index (κ2) is 20.5. The summed E-state index contributed by atoms with van der Waals surface area (Å²) in [5.74, 6) is 0. The molecule has 0 radical (unpaired) electrons. The Hall–Kier alpha value is 0.580. The van der Waals surface area contributed by atoms with E-state index >= 15 is 0 Å². The van der Waals surface area contributed by atoms with Crippen molar-refractivity contribution in [2.24, 2.45) is 0 Å². The fourth-order valence-electron chi connectivity index (χ4n) is 5.19. The third-order valence-corrected chi connectivity index (χ3v) is 12.4. The normalized spacial score (nSPS) is 11.3. The topological polar surface area (TPSA) is 0 Å². The van der Waals surface area contributed by atoms with E-state index in [4.69, 9.17) is 0 Å². The van der Waals surface area contributed by atoms with Crippen LogP contribution < -0.4 is 40.7 Å². The van der Waals surface area contributed by atoms with E-state index in [0.29, 0.717) is 16.0 Å². The molecule has 0 spiro atoms. The first kappa shape index (κ1) is 44.0. The number of rotatable bonds is 5. The zero-order chi connectivity index (χ0) is 24.8. The van der Waals surface area contributed by atoms with E-state index in [1.807, 2.05) is 30.3 Å². The number of hydrogen-bond acceptors (Lipinski definition) is 0. The number of hydrogen-bond donors (Lipinski definition) is 0. The van der Waals surface area contributed by atoms with Crippen LogP contribution >= 0.6 is 15.8 Å². The molecule has 7 heteroatoms. The van der Waals surface area contributed by atoms with Gasteiger partial charge in [-0.3, -0.25) is 0 Å². The van der Waals surface area contributed by atoms with E-state index in [9.17, 15) is 0 Å². The second-order valence-electron chi connectivity index (χ2n) is 10.7. The second-order valence-corrected chi connectivity index (χ2v) is 17.1. The zero-order valence-electron chi connectivity index (χ0n) is 23.6. The minimum atomic E-state index is -0.548. The van der Waals surface area contributed by atoms with Crippen LogP contribution in [0.15, 0.2) is 109 Å². The average Bonchev–Trinajstić information content (AvgIpc) is 3.49. The van der Waals surface area contributed by atoms with Crippen molar-refractivity contribution >= 4 is 31.8 Å². The molecule has 0 fully saturated rings. The predicted molar refractivity (Wildman–Crippen MR) is 158 cm³/mol. The number of halogens is 2. The molecular weight excluding hydrogens is 967 g/mol. The van der Waals surface area contributed by atoms with Gasteiger partial charge in [0.2, 0.25) is 0 Å². The fraction of sp³-hybridized carbons (Fsp3) is 0.312. The van der Waals surface area contributed by atoms with Crippen LogP contribution in [0.5, 0.6) is 0 Å². The van der Waals surface area contributed by atoms with E-state index < -0.39 is 7.92 Å². The summed E-state index contributed by atoms with van der Waals surface area (Å²) in [4.78, 5) is 0. The minimum Gasteiger partial charge on any atom is -1.00 e. The molecule has 222 valence electrons. The molecule has 0 aromatic heterocycles. The van der Waals surface area contributed by atoms with E-state index in [1.165, 1.54) is 15.9 Å². The van der Waals surface area contributed by atoms with E-state index in [0.717, 1.165) is 0 Å². The van der Waals surface area contributed by atoms with Gasteiger partial charge in [-0.05, 0) is 26.6 Å². The molecule has 39 heavy (non-hydrogen) atoms. The molecule has 0 aliphatic rings. The summed E-state index contributed by atoms with van der Waals surface area (Å²) >= 11 is 0. The zero-order valence-corrected chi connectivity index (χ0v) is 32.3. The average molecular weight is 1010 g/mol. The monoisotopic (exact) mass is 1010 g/mol. The van der Waals surface area contributed by atoms with Gasteiger partial charge in [0.25, 0.3) is 0 Å². The van der Waals surface area contributed by atoms with Crippen LogP contribution in [0.2, 0.25) is 0 Å². The molecule has 0 saturated carbocycles. The third-order valence-electron chi connectivity index (χ3n) is 5.93. The van der Waals surface area contributed by atoms with Crippen LogP contribution in [0.1, 0.15) is 59.7 Å². The minimum absolute atomic E-state index is 0. The van der Waals surface area contributed by atoms with Crippen LogP contribution in [0.25, 0.3) is 0 Å². The largest absolute Gasteiger partial charge is 2.00 e. The van der Waals surface area contributed by atoms with Crippen molar-refractivity contribution in [2.45, 2.75) is 64.4 Å². The van der Waals surface area contributed by atoms with E-state index in [2.05, 4.69) is 127 Å². The Bertz CT molecular complexity index is 1040. The molecule has 0 heterocycles. The molecule has 0 bridgehead atoms. The molecule has 0 saturated heterocycles. The summed E-state index contributed by atoms with van der Waals surface area (Å²) in [6.07, 6.45) is 0. The summed E-state index contributed by atoms with van der Waals surface area (Å²) in [5, 5.41) is 5.02. The van der Waals surface area contributed by atoms with Crippen molar-refractivity contribution < 1.29 is 86.6 Å².